The lowest BCUT2D eigenvalue weighted by atomic mass is 10.1. The zero-order chi connectivity index (χ0) is 24.9. The molecular weight excluding hydrogens is 469 g/mol. The minimum atomic E-state index is -3.99. The molecule has 0 atom stereocenters. The summed E-state index contributed by atoms with van der Waals surface area (Å²) in [4.78, 5) is 36.4. The number of ketones is 1. The van der Waals surface area contributed by atoms with E-state index in [2.05, 4.69) is 0 Å². The van der Waals surface area contributed by atoms with Gasteiger partial charge in [0.1, 0.15) is 5.82 Å². The van der Waals surface area contributed by atoms with Crippen LogP contribution in [0, 0.1) is 15.9 Å². The number of carbonyl (C=O) groups is 2. The normalized spacial score (nSPS) is 14.6. The van der Waals surface area contributed by atoms with E-state index in [4.69, 9.17) is 4.74 Å². The van der Waals surface area contributed by atoms with Crippen LogP contribution in [0.1, 0.15) is 29.6 Å². The summed E-state index contributed by atoms with van der Waals surface area (Å²) >= 11 is 0. The van der Waals surface area contributed by atoms with Crippen LogP contribution in [0.3, 0.4) is 0 Å². The molecule has 1 heterocycles. The molecule has 0 radical (unpaired) electrons. The molecule has 34 heavy (non-hydrogen) atoms. The van der Waals surface area contributed by atoms with Crippen molar-refractivity contribution in [3.05, 3.63) is 64.0 Å². The van der Waals surface area contributed by atoms with Crippen LogP contribution in [0.2, 0.25) is 0 Å². The fourth-order valence-electron chi connectivity index (χ4n) is 3.64. The summed E-state index contributed by atoms with van der Waals surface area (Å²) < 4.78 is 44.9. The van der Waals surface area contributed by atoms with Gasteiger partial charge in [0.2, 0.25) is 15.9 Å². The first-order valence-corrected chi connectivity index (χ1v) is 12.0. The molecule has 0 unspecified atom stereocenters. The first-order chi connectivity index (χ1) is 16.1. The van der Waals surface area contributed by atoms with Crippen LogP contribution in [0.5, 0.6) is 5.75 Å². The van der Waals surface area contributed by atoms with Crippen molar-refractivity contribution in [3.8, 4) is 5.75 Å². The van der Waals surface area contributed by atoms with Gasteiger partial charge in [-0.15, -0.1) is 0 Å². The molecule has 12 heteroatoms. The molecule has 0 aromatic heterocycles. The molecule has 0 bridgehead atoms. The van der Waals surface area contributed by atoms with Crippen molar-refractivity contribution in [3.63, 3.8) is 0 Å². The maximum Gasteiger partial charge on any atom is 0.312 e. The number of piperazine rings is 1. The second-order valence-electron chi connectivity index (χ2n) is 7.66. The molecule has 0 aliphatic carbocycles. The molecule has 1 saturated heterocycles. The number of nitrogens with zero attached hydrogens (tertiary/aromatic N) is 3. The van der Waals surface area contributed by atoms with Gasteiger partial charge in [-0.3, -0.25) is 19.7 Å². The van der Waals surface area contributed by atoms with Gasteiger partial charge in [0.25, 0.3) is 0 Å². The van der Waals surface area contributed by atoms with Crippen molar-refractivity contribution in [2.45, 2.75) is 24.2 Å². The third-order valence-corrected chi connectivity index (χ3v) is 7.43. The topological polar surface area (TPSA) is 127 Å². The minimum Gasteiger partial charge on any atom is -0.490 e. The molecule has 1 fully saturated rings. The van der Waals surface area contributed by atoms with E-state index in [1.165, 1.54) is 52.7 Å². The highest BCUT2D eigenvalue weighted by molar-refractivity contribution is 7.89. The van der Waals surface area contributed by atoms with Crippen LogP contribution in [0.15, 0.2) is 47.4 Å². The SMILES string of the molecule is COc1ccc(S(=O)(=O)N2CCN(C(=O)CCCC(=O)c3ccc(F)cc3)CC2)cc1[N+](=O)[O-]. The van der Waals surface area contributed by atoms with Crippen LogP contribution in [-0.2, 0) is 14.8 Å². The summed E-state index contributed by atoms with van der Waals surface area (Å²) in [5.41, 5.74) is -0.0704. The van der Waals surface area contributed by atoms with Crippen molar-refractivity contribution in [2.75, 3.05) is 33.3 Å². The van der Waals surface area contributed by atoms with E-state index in [9.17, 15) is 32.5 Å². The van der Waals surface area contributed by atoms with Gasteiger partial charge in [-0.05, 0) is 42.8 Å². The number of methoxy groups -OCH3 is 1. The summed E-state index contributed by atoms with van der Waals surface area (Å²) in [6.07, 6.45) is 0.593. The number of hydrogen-bond donors (Lipinski definition) is 0. The molecule has 1 aliphatic heterocycles. The number of rotatable bonds is 9. The van der Waals surface area contributed by atoms with Gasteiger partial charge in [-0.25, -0.2) is 12.8 Å². The number of nitro benzene ring substituents is 1. The Labute approximate surface area is 196 Å². The number of sulfonamides is 1. The van der Waals surface area contributed by atoms with Crippen LogP contribution in [0.25, 0.3) is 0 Å². The zero-order valence-corrected chi connectivity index (χ0v) is 19.3. The van der Waals surface area contributed by atoms with Crippen molar-refractivity contribution in [1.29, 1.82) is 0 Å². The molecule has 10 nitrogen and oxygen atoms in total. The highest BCUT2D eigenvalue weighted by Gasteiger charge is 2.31. The number of Topliss-reactive ketones (excluding diaryl/α,β-unsaturated/α-hetero) is 1. The molecule has 0 saturated carbocycles. The fraction of sp³-hybridized carbons (Fsp3) is 0.364. The average Bonchev–Trinajstić information content (AvgIpc) is 2.83. The fourth-order valence-corrected chi connectivity index (χ4v) is 5.08. The van der Waals surface area contributed by atoms with E-state index in [0.29, 0.717) is 12.0 Å². The van der Waals surface area contributed by atoms with Crippen LogP contribution in [0.4, 0.5) is 10.1 Å². The molecule has 2 aromatic carbocycles. The van der Waals surface area contributed by atoms with Gasteiger partial charge in [0, 0.05) is 50.7 Å². The Morgan fingerprint density at radius 3 is 2.29 bits per heavy atom. The number of halogens is 1. The number of hydrogen-bond acceptors (Lipinski definition) is 7. The van der Waals surface area contributed by atoms with Crippen molar-refractivity contribution in [2.24, 2.45) is 0 Å². The lowest BCUT2D eigenvalue weighted by Crippen LogP contribution is -2.50. The van der Waals surface area contributed by atoms with Crippen molar-refractivity contribution < 1.29 is 32.1 Å². The maximum atomic E-state index is 13.0. The van der Waals surface area contributed by atoms with Gasteiger partial charge < -0.3 is 9.64 Å². The number of nitro groups is 1. The van der Waals surface area contributed by atoms with E-state index in [0.717, 1.165) is 6.07 Å². The van der Waals surface area contributed by atoms with Crippen LogP contribution in [-0.4, -0.2) is 67.5 Å². The lowest BCUT2D eigenvalue weighted by Gasteiger charge is -2.34. The molecule has 1 aliphatic rings. The summed E-state index contributed by atoms with van der Waals surface area (Å²) in [6, 6.07) is 8.65. The predicted molar refractivity (Wildman–Crippen MR) is 120 cm³/mol. The van der Waals surface area contributed by atoms with E-state index in [-0.39, 0.29) is 61.4 Å². The third kappa shape index (κ3) is 5.75. The Morgan fingerprint density at radius 1 is 1.06 bits per heavy atom. The Balaban J connectivity index is 1.53. The number of amides is 1. The summed E-state index contributed by atoms with van der Waals surface area (Å²) in [7, 11) is -2.73. The van der Waals surface area contributed by atoms with Crippen molar-refractivity contribution >= 4 is 27.4 Å². The molecule has 3 rings (SSSR count). The Bertz CT molecular complexity index is 1180. The standard InChI is InChI=1S/C22H24FN3O7S/c1-33-21-10-9-18(15-19(21)26(29)30)34(31,32)25-13-11-24(12-14-25)22(28)4-2-3-20(27)16-5-7-17(23)8-6-16/h5-10,15H,2-4,11-14H2,1H3. The van der Waals surface area contributed by atoms with E-state index >= 15 is 0 Å². The number of ether oxygens (including phenoxy) is 1. The van der Waals surface area contributed by atoms with Crippen LogP contribution < -0.4 is 4.74 Å². The Hall–Kier alpha value is -3.38. The second kappa shape index (κ2) is 10.7. The molecule has 1 amide bonds. The Kier molecular flexibility index (Phi) is 7.94. The second-order valence-corrected chi connectivity index (χ2v) is 9.60. The molecule has 182 valence electrons. The smallest absolute Gasteiger partial charge is 0.312 e. The summed E-state index contributed by atoms with van der Waals surface area (Å²) in [5.74, 6) is -0.850. The van der Waals surface area contributed by atoms with Gasteiger partial charge >= 0.3 is 5.69 Å². The number of carbonyl (C=O) groups excluding carboxylic acids is 2. The monoisotopic (exact) mass is 493 g/mol. The quantitative estimate of drug-likeness (QED) is 0.298. The third-order valence-electron chi connectivity index (χ3n) is 5.54. The predicted octanol–water partition coefficient (Wildman–Crippen LogP) is 2.63. The molecule has 0 N–H and O–H groups in total. The molecule has 0 spiro atoms. The van der Waals surface area contributed by atoms with Crippen LogP contribution >= 0.6 is 0 Å². The largest absolute Gasteiger partial charge is 0.490 e. The van der Waals surface area contributed by atoms with Crippen molar-refractivity contribution in [1.82, 2.24) is 9.21 Å². The van der Waals surface area contributed by atoms with E-state index in [1.807, 2.05) is 0 Å². The van der Waals surface area contributed by atoms with E-state index < -0.39 is 26.5 Å². The van der Waals surface area contributed by atoms with E-state index in [1.54, 1.807) is 0 Å². The highest BCUT2D eigenvalue weighted by Crippen LogP contribution is 2.30. The van der Waals surface area contributed by atoms with Gasteiger partial charge in [-0.1, -0.05) is 0 Å². The summed E-state index contributed by atoms with van der Waals surface area (Å²) in [5, 5.41) is 11.2. The first-order valence-electron chi connectivity index (χ1n) is 10.5. The lowest BCUT2D eigenvalue weighted by molar-refractivity contribution is -0.386. The first kappa shape index (κ1) is 25.2. The zero-order valence-electron chi connectivity index (χ0n) is 18.5. The average molecular weight is 494 g/mol. The van der Waals surface area contributed by atoms with Gasteiger partial charge in [0.15, 0.2) is 11.5 Å². The van der Waals surface area contributed by atoms with Gasteiger partial charge in [0.05, 0.1) is 16.9 Å². The van der Waals surface area contributed by atoms with Gasteiger partial charge in [-0.2, -0.15) is 4.31 Å². The minimum absolute atomic E-state index is 0.0441. The number of benzene rings is 2. The summed E-state index contributed by atoms with van der Waals surface area (Å²) in [6.45, 7) is 0.426. The Morgan fingerprint density at radius 2 is 1.71 bits per heavy atom. The molecule has 2 aromatic rings. The highest BCUT2D eigenvalue weighted by atomic mass is 32.2. The molecular formula is C22H24FN3O7S. The maximum absolute atomic E-state index is 13.0.